The second-order valence-corrected chi connectivity index (χ2v) is 11.0. The lowest BCUT2D eigenvalue weighted by Crippen LogP contribution is -2.51. The van der Waals surface area contributed by atoms with E-state index in [4.69, 9.17) is 9.47 Å². The van der Waals surface area contributed by atoms with Crippen molar-refractivity contribution in [3.05, 3.63) is 53.6 Å². The summed E-state index contributed by atoms with van der Waals surface area (Å²) in [5.74, 6) is 0.126. The summed E-state index contributed by atoms with van der Waals surface area (Å²) in [4.78, 5) is 27.9. The van der Waals surface area contributed by atoms with Crippen molar-refractivity contribution in [2.24, 2.45) is 5.92 Å². The first-order valence-electron chi connectivity index (χ1n) is 11.7. The van der Waals surface area contributed by atoms with E-state index in [-0.39, 0.29) is 29.8 Å². The van der Waals surface area contributed by atoms with Gasteiger partial charge in [0.05, 0.1) is 26.2 Å². The fourth-order valence-electron chi connectivity index (χ4n) is 3.51. The average Bonchev–Trinajstić information content (AvgIpc) is 2.83. The summed E-state index contributed by atoms with van der Waals surface area (Å²) < 4.78 is 37.1. The van der Waals surface area contributed by atoms with Crippen LogP contribution in [0.5, 0.6) is 11.5 Å². The Balaban J connectivity index is 2.43. The number of benzene rings is 2. The molecule has 0 spiro atoms. The van der Waals surface area contributed by atoms with Crippen LogP contribution in [0.2, 0.25) is 0 Å². The minimum atomic E-state index is -3.88. The van der Waals surface area contributed by atoms with Crippen LogP contribution in [0.1, 0.15) is 31.9 Å². The Labute approximate surface area is 214 Å². The number of anilines is 1. The monoisotopic (exact) mass is 519 g/mol. The van der Waals surface area contributed by atoms with Crippen molar-refractivity contribution >= 4 is 27.5 Å². The van der Waals surface area contributed by atoms with Gasteiger partial charge in [0.1, 0.15) is 24.1 Å². The Morgan fingerprint density at radius 3 is 2.17 bits per heavy atom. The molecule has 0 aromatic heterocycles. The number of ether oxygens (including phenoxy) is 2. The van der Waals surface area contributed by atoms with Gasteiger partial charge in [-0.2, -0.15) is 0 Å². The van der Waals surface area contributed by atoms with Crippen molar-refractivity contribution in [2.75, 3.05) is 37.9 Å². The number of nitrogens with one attached hydrogen (secondary N) is 1. The number of methoxy groups -OCH3 is 2. The van der Waals surface area contributed by atoms with E-state index in [1.807, 2.05) is 45.0 Å². The summed E-state index contributed by atoms with van der Waals surface area (Å²) in [6, 6.07) is 11.5. The van der Waals surface area contributed by atoms with Crippen LogP contribution in [0.15, 0.2) is 42.5 Å². The molecule has 1 unspecified atom stereocenters. The first-order chi connectivity index (χ1) is 16.9. The highest BCUT2D eigenvalue weighted by Gasteiger charge is 2.31. The highest BCUT2D eigenvalue weighted by molar-refractivity contribution is 7.92. The third kappa shape index (κ3) is 7.87. The molecule has 36 heavy (non-hydrogen) atoms. The zero-order valence-corrected chi connectivity index (χ0v) is 22.9. The Bertz CT molecular complexity index is 1150. The topological polar surface area (TPSA) is 105 Å². The largest absolute Gasteiger partial charge is 0.497 e. The standard InChI is InChI=1S/C26H37N3O6S/c1-18(2)15-27-26(31)20(4)28(16-21-10-8-19(3)9-11-21)25(30)17-29(36(7,32)33)23-13-12-22(34-5)14-24(23)35-6/h8-14,18,20H,15-17H2,1-7H3,(H,27,31). The van der Waals surface area contributed by atoms with Crippen LogP contribution in [0, 0.1) is 12.8 Å². The Morgan fingerprint density at radius 2 is 1.64 bits per heavy atom. The van der Waals surface area contributed by atoms with Crippen molar-refractivity contribution in [1.29, 1.82) is 0 Å². The molecule has 0 heterocycles. The van der Waals surface area contributed by atoms with Gasteiger partial charge in [0.2, 0.25) is 21.8 Å². The first-order valence-corrected chi connectivity index (χ1v) is 13.5. The SMILES string of the molecule is COc1ccc(N(CC(=O)N(Cc2ccc(C)cc2)C(C)C(=O)NCC(C)C)S(C)(=O)=O)c(OC)c1. The van der Waals surface area contributed by atoms with Crippen molar-refractivity contribution in [3.63, 3.8) is 0 Å². The molecular formula is C26H37N3O6S. The molecule has 2 aromatic carbocycles. The zero-order valence-electron chi connectivity index (χ0n) is 22.1. The summed E-state index contributed by atoms with van der Waals surface area (Å²) >= 11 is 0. The number of carbonyl (C=O) groups excluding carboxylic acids is 2. The summed E-state index contributed by atoms with van der Waals surface area (Å²) in [7, 11) is -0.985. The number of hydrogen-bond acceptors (Lipinski definition) is 6. The molecule has 2 aromatic rings. The van der Waals surface area contributed by atoms with Crippen molar-refractivity contribution in [2.45, 2.75) is 40.3 Å². The third-order valence-corrected chi connectivity index (χ3v) is 6.79. The molecule has 0 aliphatic rings. The molecule has 0 aliphatic heterocycles. The minimum Gasteiger partial charge on any atom is -0.497 e. The number of carbonyl (C=O) groups is 2. The molecule has 0 fully saturated rings. The molecule has 2 amide bonds. The molecule has 0 aliphatic carbocycles. The maximum Gasteiger partial charge on any atom is 0.244 e. The van der Waals surface area contributed by atoms with E-state index in [1.54, 1.807) is 19.1 Å². The summed E-state index contributed by atoms with van der Waals surface area (Å²) in [5, 5.41) is 2.86. The first kappa shape index (κ1) is 29.0. The normalized spacial score (nSPS) is 12.1. The van der Waals surface area contributed by atoms with Gasteiger partial charge >= 0.3 is 0 Å². The van der Waals surface area contributed by atoms with Crippen LogP contribution >= 0.6 is 0 Å². The number of hydrogen-bond donors (Lipinski definition) is 1. The van der Waals surface area contributed by atoms with E-state index in [2.05, 4.69) is 5.32 Å². The Kier molecular flexibility index (Phi) is 10.2. The quantitative estimate of drug-likeness (QED) is 0.462. The van der Waals surface area contributed by atoms with Gasteiger partial charge in [-0.15, -0.1) is 0 Å². The summed E-state index contributed by atoms with van der Waals surface area (Å²) in [5.41, 5.74) is 2.08. The van der Waals surface area contributed by atoms with Crippen molar-refractivity contribution in [1.82, 2.24) is 10.2 Å². The van der Waals surface area contributed by atoms with Crippen LogP contribution in [0.3, 0.4) is 0 Å². The van der Waals surface area contributed by atoms with Crippen LogP contribution in [-0.4, -0.2) is 64.7 Å². The zero-order chi connectivity index (χ0) is 27.0. The fourth-order valence-corrected chi connectivity index (χ4v) is 4.36. The molecule has 2 rings (SSSR count). The van der Waals surface area contributed by atoms with E-state index in [1.165, 1.54) is 25.2 Å². The number of nitrogens with zero attached hydrogens (tertiary/aromatic N) is 2. The van der Waals surface area contributed by atoms with Gasteiger partial charge in [0.25, 0.3) is 0 Å². The van der Waals surface area contributed by atoms with Gasteiger partial charge in [-0.1, -0.05) is 43.7 Å². The van der Waals surface area contributed by atoms with Crippen LogP contribution in [0.25, 0.3) is 0 Å². The molecule has 10 heteroatoms. The second-order valence-electron chi connectivity index (χ2n) is 9.13. The van der Waals surface area contributed by atoms with Crippen LogP contribution in [-0.2, 0) is 26.2 Å². The van der Waals surface area contributed by atoms with E-state index >= 15 is 0 Å². The second kappa shape index (κ2) is 12.6. The van der Waals surface area contributed by atoms with E-state index in [9.17, 15) is 18.0 Å². The third-order valence-electron chi connectivity index (χ3n) is 5.66. The maximum absolute atomic E-state index is 13.6. The predicted octanol–water partition coefficient (Wildman–Crippen LogP) is 2.97. The van der Waals surface area contributed by atoms with Crippen LogP contribution in [0.4, 0.5) is 5.69 Å². The van der Waals surface area contributed by atoms with Crippen LogP contribution < -0.4 is 19.1 Å². The predicted molar refractivity (Wildman–Crippen MR) is 141 cm³/mol. The van der Waals surface area contributed by atoms with E-state index in [0.29, 0.717) is 12.3 Å². The molecule has 1 N–H and O–H groups in total. The molecule has 0 saturated heterocycles. The highest BCUT2D eigenvalue weighted by Crippen LogP contribution is 2.33. The molecule has 9 nitrogen and oxygen atoms in total. The lowest BCUT2D eigenvalue weighted by Gasteiger charge is -2.32. The molecule has 0 saturated carbocycles. The van der Waals surface area contributed by atoms with E-state index < -0.39 is 28.5 Å². The van der Waals surface area contributed by atoms with Gasteiger partial charge in [0.15, 0.2) is 0 Å². The van der Waals surface area contributed by atoms with Gasteiger partial charge in [-0.05, 0) is 37.5 Å². The average molecular weight is 520 g/mol. The molecule has 1 atom stereocenters. The fraction of sp³-hybridized carbons (Fsp3) is 0.462. The Hall–Kier alpha value is -3.27. The minimum absolute atomic E-state index is 0.146. The maximum atomic E-state index is 13.6. The molecule has 198 valence electrons. The lowest BCUT2D eigenvalue weighted by atomic mass is 10.1. The van der Waals surface area contributed by atoms with Gasteiger partial charge in [-0.25, -0.2) is 8.42 Å². The van der Waals surface area contributed by atoms with Gasteiger partial charge in [0, 0.05) is 19.2 Å². The lowest BCUT2D eigenvalue weighted by molar-refractivity contribution is -0.139. The van der Waals surface area contributed by atoms with E-state index in [0.717, 1.165) is 21.7 Å². The van der Waals surface area contributed by atoms with Crippen molar-refractivity contribution < 1.29 is 27.5 Å². The summed E-state index contributed by atoms with van der Waals surface area (Å²) in [6.45, 7) is 7.66. The summed E-state index contributed by atoms with van der Waals surface area (Å²) in [6.07, 6.45) is 1.02. The van der Waals surface area contributed by atoms with Crippen molar-refractivity contribution in [3.8, 4) is 11.5 Å². The molecule has 0 bridgehead atoms. The number of amides is 2. The molecule has 0 radical (unpaired) electrons. The smallest absolute Gasteiger partial charge is 0.244 e. The number of rotatable bonds is 12. The Morgan fingerprint density at radius 1 is 1.00 bits per heavy atom. The van der Waals surface area contributed by atoms with Gasteiger partial charge in [-0.3, -0.25) is 13.9 Å². The molecular weight excluding hydrogens is 482 g/mol. The van der Waals surface area contributed by atoms with Gasteiger partial charge < -0.3 is 19.7 Å². The number of sulfonamides is 1. The highest BCUT2D eigenvalue weighted by atomic mass is 32.2. The number of aryl methyl sites for hydroxylation is 1.